The lowest BCUT2D eigenvalue weighted by Gasteiger charge is -2.36. The SMILES string of the molecule is CCN1c2cc(Cl)nc(=O)n2CC[C@@H]1C. The fourth-order valence-corrected chi connectivity index (χ4v) is 2.26. The van der Waals surface area contributed by atoms with Crippen molar-refractivity contribution < 1.29 is 0 Å². The molecule has 0 unspecified atom stereocenters. The number of aromatic nitrogens is 2. The number of anilines is 1. The van der Waals surface area contributed by atoms with E-state index in [2.05, 4.69) is 23.7 Å². The molecule has 0 radical (unpaired) electrons. The van der Waals surface area contributed by atoms with Gasteiger partial charge >= 0.3 is 5.69 Å². The zero-order valence-corrected chi connectivity index (χ0v) is 9.66. The third kappa shape index (κ3) is 1.74. The molecule has 15 heavy (non-hydrogen) atoms. The molecule has 0 saturated carbocycles. The highest BCUT2D eigenvalue weighted by Gasteiger charge is 2.23. The van der Waals surface area contributed by atoms with Crippen LogP contribution in [0, 0.1) is 0 Å². The number of halogens is 1. The van der Waals surface area contributed by atoms with Crippen LogP contribution in [-0.2, 0) is 6.54 Å². The van der Waals surface area contributed by atoms with Crippen LogP contribution >= 0.6 is 11.6 Å². The largest absolute Gasteiger partial charge is 0.355 e. The van der Waals surface area contributed by atoms with Gasteiger partial charge in [-0.05, 0) is 20.3 Å². The van der Waals surface area contributed by atoms with E-state index in [-0.39, 0.29) is 10.8 Å². The summed E-state index contributed by atoms with van der Waals surface area (Å²) in [4.78, 5) is 17.5. The van der Waals surface area contributed by atoms with Gasteiger partial charge in [0.05, 0.1) is 0 Å². The molecule has 0 amide bonds. The number of hydrogen-bond donors (Lipinski definition) is 0. The lowest BCUT2D eigenvalue weighted by atomic mass is 10.1. The first-order valence-corrected chi connectivity index (χ1v) is 5.55. The van der Waals surface area contributed by atoms with Gasteiger partial charge in [-0.1, -0.05) is 11.6 Å². The Morgan fingerprint density at radius 1 is 1.67 bits per heavy atom. The Bertz CT molecular complexity index is 429. The average molecular weight is 228 g/mol. The van der Waals surface area contributed by atoms with Gasteiger partial charge in [0, 0.05) is 25.2 Å². The van der Waals surface area contributed by atoms with Crippen molar-refractivity contribution in [3.8, 4) is 0 Å². The van der Waals surface area contributed by atoms with E-state index in [1.54, 1.807) is 10.6 Å². The van der Waals surface area contributed by atoms with Crippen LogP contribution in [0.2, 0.25) is 5.15 Å². The van der Waals surface area contributed by atoms with Crippen molar-refractivity contribution in [2.24, 2.45) is 0 Å². The molecular weight excluding hydrogens is 214 g/mol. The quantitative estimate of drug-likeness (QED) is 0.683. The van der Waals surface area contributed by atoms with Crippen molar-refractivity contribution in [3.05, 3.63) is 21.7 Å². The standard InChI is InChI=1S/C10H14ClN3O/c1-3-13-7(2)4-5-14-9(13)6-8(11)12-10(14)15/h6-7H,3-5H2,1-2H3/t7-/m0/s1. The smallest absolute Gasteiger partial charge is 0.350 e. The summed E-state index contributed by atoms with van der Waals surface area (Å²) in [5.41, 5.74) is -0.247. The lowest BCUT2D eigenvalue weighted by molar-refractivity contribution is 0.466. The molecule has 1 aromatic heterocycles. The van der Waals surface area contributed by atoms with Crippen molar-refractivity contribution in [1.29, 1.82) is 0 Å². The van der Waals surface area contributed by atoms with Crippen LogP contribution in [0.3, 0.4) is 0 Å². The minimum Gasteiger partial charge on any atom is -0.355 e. The Morgan fingerprint density at radius 3 is 3.07 bits per heavy atom. The predicted octanol–water partition coefficient (Wildman–Crippen LogP) is 1.52. The van der Waals surface area contributed by atoms with Gasteiger partial charge in [0.25, 0.3) is 0 Å². The summed E-state index contributed by atoms with van der Waals surface area (Å²) < 4.78 is 1.69. The Balaban J connectivity index is 2.57. The molecule has 1 aliphatic rings. The second-order valence-electron chi connectivity index (χ2n) is 3.79. The first-order valence-electron chi connectivity index (χ1n) is 5.17. The van der Waals surface area contributed by atoms with Crippen molar-refractivity contribution in [2.75, 3.05) is 11.4 Å². The monoisotopic (exact) mass is 227 g/mol. The van der Waals surface area contributed by atoms with Gasteiger partial charge in [-0.15, -0.1) is 0 Å². The van der Waals surface area contributed by atoms with Crippen molar-refractivity contribution in [3.63, 3.8) is 0 Å². The van der Waals surface area contributed by atoms with Crippen LogP contribution in [0.15, 0.2) is 10.9 Å². The molecule has 5 heteroatoms. The number of rotatable bonds is 1. The molecular formula is C10H14ClN3O. The fourth-order valence-electron chi connectivity index (χ4n) is 2.09. The number of fused-ring (bicyclic) bond motifs is 1. The van der Waals surface area contributed by atoms with Crippen LogP contribution < -0.4 is 10.6 Å². The van der Waals surface area contributed by atoms with Crippen molar-refractivity contribution in [2.45, 2.75) is 32.9 Å². The van der Waals surface area contributed by atoms with E-state index < -0.39 is 0 Å². The summed E-state index contributed by atoms with van der Waals surface area (Å²) in [6, 6.07) is 2.22. The summed E-state index contributed by atoms with van der Waals surface area (Å²) >= 11 is 5.80. The molecule has 1 aliphatic heterocycles. The second-order valence-corrected chi connectivity index (χ2v) is 4.18. The summed E-state index contributed by atoms with van der Waals surface area (Å²) in [5, 5.41) is 0.277. The zero-order chi connectivity index (χ0) is 11.0. The maximum Gasteiger partial charge on any atom is 0.350 e. The Kier molecular flexibility index (Phi) is 2.69. The zero-order valence-electron chi connectivity index (χ0n) is 8.90. The van der Waals surface area contributed by atoms with E-state index in [0.717, 1.165) is 25.3 Å². The summed E-state index contributed by atoms with van der Waals surface area (Å²) in [6.45, 7) is 5.84. The summed E-state index contributed by atoms with van der Waals surface area (Å²) in [5.74, 6) is 0.890. The van der Waals surface area contributed by atoms with E-state index in [4.69, 9.17) is 11.6 Å². The fraction of sp³-hybridized carbons (Fsp3) is 0.600. The van der Waals surface area contributed by atoms with E-state index in [0.29, 0.717) is 6.04 Å². The Hall–Kier alpha value is -1.03. The molecule has 1 atom stereocenters. The van der Waals surface area contributed by atoms with Crippen LogP contribution in [0.1, 0.15) is 20.3 Å². The lowest BCUT2D eigenvalue weighted by Crippen LogP contribution is -2.43. The minimum absolute atomic E-state index is 0.247. The number of nitrogens with zero attached hydrogens (tertiary/aromatic N) is 3. The molecule has 0 fully saturated rings. The van der Waals surface area contributed by atoms with Crippen LogP contribution in [-0.4, -0.2) is 22.1 Å². The van der Waals surface area contributed by atoms with E-state index in [9.17, 15) is 4.79 Å². The molecule has 0 spiro atoms. The Morgan fingerprint density at radius 2 is 2.40 bits per heavy atom. The molecule has 0 saturated heterocycles. The molecule has 0 aliphatic carbocycles. The molecule has 4 nitrogen and oxygen atoms in total. The predicted molar refractivity (Wildman–Crippen MR) is 60.6 cm³/mol. The van der Waals surface area contributed by atoms with Crippen molar-refractivity contribution in [1.82, 2.24) is 9.55 Å². The van der Waals surface area contributed by atoms with E-state index >= 15 is 0 Å². The first-order chi connectivity index (χ1) is 7.13. The van der Waals surface area contributed by atoms with Gasteiger partial charge < -0.3 is 4.90 Å². The van der Waals surface area contributed by atoms with Crippen LogP contribution in [0.25, 0.3) is 0 Å². The third-order valence-corrected chi connectivity index (χ3v) is 3.09. The van der Waals surface area contributed by atoms with Crippen molar-refractivity contribution >= 4 is 17.4 Å². The van der Waals surface area contributed by atoms with Crippen LogP contribution in [0.5, 0.6) is 0 Å². The van der Waals surface area contributed by atoms with Gasteiger partial charge in [0.2, 0.25) is 0 Å². The molecule has 1 aromatic rings. The first kappa shape index (κ1) is 10.5. The third-order valence-electron chi connectivity index (χ3n) is 2.90. The topological polar surface area (TPSA) is 38.1 Å². The van der Waals surface area contributed by atoms with E-state index in [1.807, 2.05) is 0 Å². The molecule has 0 aromatic carbocycles. The Labute approximate surface area is 93.5 Å². The highest BCUT2D eigenvalue weighted by atomic mass is 35.5. The average Bonchev–Trinajstić information content (AvgIpc) is 2.17. The maximum absolute atomic E-state index is 11.6. The van der Waals surface area contributed by atoms with Gasteiger partial charge in [0.15, 0.2) is 0 Å². The normalized spacial score (nSPS) is 20.2. The summed E-state index contributed by atoms with van der Waals surface area (Å²) in [6.07, 6.45) is 0.976. The second kappa shape index (κ2) is 3.85. The number of hydrogen-bond acceptors (Lipinski definition) is 3. The van der Waals surface area contributed by atoms with Gasteiger partial charge in [-0.3, -0.25) is 4.57 Å². The maximum atomic E-state index is 11.6. The molecule has 82 valence electrons. The van der Waals surface area contributed by atoms with Gasteiger partial charge in [-0.2, -0.15) is 4.98 Å². The highest BCUT2D eigenvalue weighted by molar-refractivity contribution is 6.29. The molecule has 0 N–H and O–H groups in total. The van der Waals surface area contributed by atoms with E-state index in [1.165, 1.54) is 0 Å². The van der Waals surface area contributed by atoms with Gasteiger partial charge in [0.1, 0.15) is 11.0 Å². The summed E-state index contributed by atoms with van der Waals surface area (Å²) in [7, 11) is 0. The van der Waals surface area contributed by atoms with Gasteiger partial charge in [-0.25, -0.2) is 4.79 Å². The van der Waals surface area contributed by atoms with Crippen LogP contribution in [0.4, 0.5) is 5.82 Å². The minimum atomic E-state index is -0.247. The molecule has 0 bridgehead atoms. The molecule has 2 rings (SSSR count). The highest BCUT2D eigenvalue weighted by Crippen LogP contribution is 2.24. The molecule has 2 heterocycles.